The van der Waals surface area contributed by atoms with Gasteiger partial charge in [-0.05, 0) is 63.0 Å². The number of para-hydroxylation sites is 1. The summed E-state index contributed by atoms with van der Waals surface area (Å²) in [5.74, 6) is 2.40. The highest BCUT2D eigenvalue weighted by molar-refractivity contribution is 6.00. The topological polar surface area (TPSA) is 88.2 Å². The highest BCUT2D eigenvalue weighted by atomic mass is 15.0. The smallest absolute Gasteiger partial charge is 0.164 e. The third-order valence-corrected chi connectivity index (χ3v) is 11.6. The van der Waals surface area contributed by atoms with Crippen LogP contribution in [0.3, 0.4) is 0 Å². The van der Waals surface area contributed by atoms with Crippen molar-refractivity contribution in [1.82, 2.24) is 24.9 Å². The normalized spacial score (nSPS) is 11.1. The number of rotatable bonds is 8. The lowest BCUT2D eigenvalue weighted by Gasteiger charge is -2.16. The molecule has 0 radical (unpaired) electrons. The van der Waals surface area contributed by atoms with E-state index in [1.54, 1.807) is 0 Å². The zero-order valence-electron chi connectivity index (χ0n) is 34.5. The summed E-state index contributed by atoms with van der Waals surface area (Å²) >= 11 is 0. The molecule has 2 heterocycles. The third kappa shape index (κ3) is 7.13. The first-order chi connectivity index (χ1) is 31.7. The second-order valence-electron chi connectivity index (χ2n) is 15.5. The third-order valence-electron chi connectivity index (χ3n) is 11.6. The summed E-state index contributed by atoms with van der Waals surface area (Å²) in [6.45, 7) is 0. The van der Waals surface area contributed by atoms with Gasteiger partial charge in [-0.25, -0.2) is 24.9 Å². The summed E-state index contributed by atoms with van der Waals surface area (Å²) in [6.07, 6.45) is 0. The molecule has 0 unspecified atom stereocenters. The fraction of sp³-hybridized carbons (Fsp3) is 0. The molecule has 11 rings (SSSR count). The molecular weight excluding hydrogens is 781 g/mol. The second-order valence-corrected chi connectivity index (χ2v) is 15.5. The first-order valence-electron chi connectivity index (χ1n) is 21.1. The molecule has 0 N–H and O–H groups in total. The van der Waals surface area contributed by atoms with Crippen molar-refractivity contribution in [2.75, 3.05) is 0 Å². The predicted octanol–water partition coefficient (Wildman–Crippen LogP) is 14.2. The van der Waals surface area contributed by atoms with Crippen LogP contribution in [0.5, 0.6) is 0 Å². The molecule has 0 aliphatic heterocycles. The van der Waals surface area contributed by atoms with Gasteiger partial charge in [-0.2, -0.15) is 5.26 Å². The van der Waals surface area contributed by atoms with Gasteiger partial charge in [0, 0.05) is 38.6 Å². The van der Waals surface area contributed by atoms with E-state index in [1.807, 2.05) is 127 Å². The molecule has 9 aromatic carbocycles. The highest BCUT2D eigenvalue weighted by Gasteiger charge is 2.19. The van der Waals surface area contributed by atoms with Crippen LogP contribution in [-0.4, -0.2) is 24.9 Å². The lowest BCUT2D eigenvalue weighted by molar-refractivity contribution is 1.07. The van der Waals surface area contributed by atoms with Gasteiger partial charge in [0.2, 0.25) is 0 Å². The van der Waals surface area contributed by atoms with Gasteiger partial charge >= 0.3 is 0 Å². The molecule has 0 aliphatic carbocycles. The summed E-state index contributed by atoms with van der Waals surface area (Å²) in [4.78, 5) is 25.7. The van der Waals surface area contributed by atoms with Gasteiger partial charge in [-0.15, -0.1) is 0 Å². The second kappa shape index (κ2) is 16.5. The molecule has 0 atom stereocenters. The van der Waals surface area contributed by atoms with Crippen LogP contribution >= 0.6 is 0 Å². The molecule has 0 amide bonds. The summed E-state index contributed by atoms with van der Waals surface area (Å²) in [5.41, 5.74) is 13.2. The van der Waals surface area contributed by atoms with E-state index in [-0.39, 0.29) is 0 Å². The Kier molecular flexibility index (Phi) is 9.81. The molecule has 0 saturated heterocycles. The average molecular weight is 817 g/mol. The molecule has 64 heavy (non-hydrogen) atoms. The minimum absolute atomic E-state index is 0.561. The van der Waals surface area contributed by atoms with Gasteiger partial charge < -0.3 is 0 Å². The number of aromatic nitrogens is 5. The Labute approximate surface area is 370 Å². The first kappa shape index (κ1) is 38.0. The predicted molar refractivity (Wildman–Crippen MR) is 259 cm³/mol. The minimum Gasteiger partial charge on any atom is -0.228 e. The van der Waals surface area contributed by atoms with Gasteiger partial charge in [0.1, 0.15) is 0 Å². The summed E-state index contributed by atoms with van der Waals surface area (Å²) in [6, 6.07) is 76.4. The fourth-order valence-electron chi connectivity index (χ4n) is 8.55. The Bertz CT molecular complexity index is 3580. The van der Waals surface area contributed by atoms with Gasteiger partial charge in [0.25, 0.3) is 0 Å². The SMILES string of the molecule is N#Cc1ccc(-c2cccc(-c3nc(-c4ccccc4)nc(-c4ccccc4-c4ccccc4-c4cccc(-c5nc(-c6ccccc6)nc6ccccc56)c4)n3)c2)c2ccccc12. The summed E-state index contributed by atoms with van der Waals surface area (Å²) in [7, 11) is 0. The van der Waals surface area contributed by atoms with Gasteiger partial charge in [0.15, 0.2) is 23.3 Å². The zero-order valence-corrected chi connectivity index (χ0v) is 34.5. The maximum absolute atomic E-state index is 9.85. The first-order valence-corrected chi connectivity index (χ1v) is 21.1. The fourth-order valence-corrected chi connectivity index (χ4v) is 8.55. The van der Waals surface area contributed by atoms with E-state index in [9.17, 15) is 5.26 Å². The van der Waals surface area contributed by atoms with E-state index in [0.717, 1.165) is 88.6 Å². The number of nitriles is 1. The van der Waals surface area contributed by atoms with Crippen LogP contribution in [-0.2, 0) is 0 Å². The molecule has 6 heteroatoms. The molecule has 6 nitrogen and oxygen atoms in total. The van der Waals surface area contributed by atoms with Crippen LogP contribution in [0.15, 0.2) is 218 Å². The number of hydrogen-bond donors (Lipinski definition) is 0. The van der Waals surface area contributed by atoms with Crippen molar-refractivity contribution in [1.29, 1.82) is 5.26 Å². The van der Waals surface area contributed by atoms with Crippen LogP contribution in [0.1, 0.15) is 5.56 Å². The van der Waals surface area contributed by atoms with E-state index >= 15 is 0 Å². The molecule has 0 aliphatic rings. The van der Waals surface area contributed by atoms with E-state index < -0.39 is 0 Å². The Morgan fingerprint density at radius 3 is 1.45 bits per heavy atom. The van der Waals surface area contributed by atoms with Crippen LogP contribution in [0.25, 0.3) is 112 Å². The van der Waals surface area contributed by atoms with Crippen molar-refractivity contribution in [2.45, 2.75) is 0 Å². The van der Waals surface area contributed by atoms with Crippen molar-refractivity contribution in [2.24, 2.45) is 0 Å². The number of hydrogen-bond acceptors (Lipinski definition) is 6. The van der Waals surface area contributed by atoms with Crippen molar-refractivity contribution >= 4 is 21.7 Å². The molecule has 298 valence electrons. The van der Waals surface area contributed by atoms with Crippen LogP contribution in [0, 0.1) is 11.3 Å². The van der Waals surface area contributed by atoms with Crippen LogP contribution in [0.2, 0.25) is 0 Å². The molecular formula is C58H36N6. The lowest BCUT2D eigenvalue weighted by Crippen LogP contribution is -2.01. The largest absolute Gasteiger partial charge is 0.228 e. The number of benzene rings is 9. The maximum atomic E-state index is 9.85. The van der Waals surface area contributed by atoms with Crippen molar-refractivity contribution < 1.29 is 0 Å². The van der Waals surface area contributed by atoms with Crippen molar-refractivity contribution in [3.63, 3.8) is 0 Å². The number of fused-ring (bicyclic) bond motifs is 2. The average Bonchev–Trinajstić information content (AvgIpc) is 3.38. The summed E-state index contributed by atoms with van der Waals surface area (Å²) in [5, 5.41) is 12.8. The zero-order chi connectivity index (χ0) is 42.8. The lowest BCUT2D eigenvalue weighted by atomic mass is 9.90. The molecule has 0 bridgehead atoms. The molecule has 2 aromatic heterocycles. The van der Waals surface area contributed by atoms with Crippen LogP contribution in [0.4, 0.5) is 0 Å². The quantitative estimate of drug-likeness (QED) is 0.152. The Hall–Kier alpha value is -8.92. The highest BCUT2D eigenvalue weighted by Crippen LogP contribution is 2.40. The minimum atomic E-state index is 0.561. The van der Waals surface area contributed by atoms with Crippen molar-refractivity contribution in [3.8, 4) is 96.3 Å². The Balaban J connectivity index is 1.04. The van der Waals surface area contributed by atoms with Gasteiger partial charge in [-0.1, -0.05) is 194 Å². The maximum Gasteiger partial charge on any atom is 0.164 e. The van der Waals surface area contributed by atoms with E-state index in [1.165, 1.54) is 0 Å². The molecule has 11 aromatic rings. The molecule has 0 saturated carbocycles. The van der Waals surface area contributed by atoms with Gasteiger partial charge in [-0.3, -0.25) is 0 Å². The number of nitrogens with zero attached hydrogens (tertiary/aromatic N) is 6. The van der Waals surface area contributed by atoms with Gasteiger partial charge in [0.05, 0.1) is 22.8 Å². The standard InChI is InChI=1S/C58H36N6/c59-37-44-33-34-47(48-27-9-8-26-46(44)48)41-22-16-24-43(36-41)57-62-56(39-19-5-2-6-20-39)63-58(64-57)51-30-12-11-29-50(51)49-28-10-7-25-45(49)40-21-15-23-42(35-40)54-52-31-13-14-32-53(52)60-55(61-54)38-17-3-1-4-18-38/h1-36H. The molecule has 0 fully saturated rings. The Morgan fingerprint density at radius 1 is 0.281 bits per heavy atom. The van der Waals surface area contributed by atoms with E-state index in [4.69, 9.17) is 24.9 Å². The van der Waals surface area contributed by atoms with E-state index in [2.05, 4.69) is 97.1 Å². The monoisotopic (exact) mass is 816 g/mol. The van der Waals surface area contributed by atoms with Crippen molar-refractivity contribution in [3.05, 3.63) is 224 Å². The Morgan fingerprint density at radius 2 is 0.750 bits per heavy atom. The van der Waals surface area contributed by atoms with Crippen LogP contribution < -0.4 is 0 Å². The van der Waals surface area contributed by atoms with E-state index in [0.29, 0.717) is 28.9 Å². The summed E-state index contributed by atoms with van der Waals surface area (Å²) < 4.78 is 0. The molecule has 0 spiro atoms.